The van der Waals surface area contributed by atoms with E-state index in [1.165, 1.54) is 0 Å². The van der Waals surface area contributed by atoms with Crippen LogP contribution in [0.1, 0.15) is 38.2 Å². The van der Waals surface area contributed by atoms with Crippen LogP contribution < -0.4 is 5.73 Å². The molecule has 3 nitrogen and oxygen atoms in total. The van der Waals surface area contributed by atoms with E-state index in [2.05, 4.69) is 6.92 Å². The molecule has 3 atom stereocenters. The summed E-state index contributed by atoms with van der Waals surface area (Å²) in [6.07, 6.45) is 3.67. The number of sulfone groups is 1. The predicted molar refractivity (Wildman–Crippen MR) is 78.5 cm³/mol. The number of rotatable bonds is 4. The van der Waals surface area contributed by atoms with E-state index in [9.17, 15) is 8.42 Å². The van der Waals surface area contributed by atoms with Crippen LogP contribution in [0.4, 0.5) is 0 Å². The summed E-state index contributed by atoms with van der Waals surface area (Å²) in [4.78, 5) is 0. The lowest BCUT2D eigenvalue weighted by atomic mass is 9.84. The van der Waals surface area contributed by atoms with Gasteiger partial charge in [-0.1, -0.05) is 43.7 Å². The largest absolute Gasteiger partial charge is 0.327 e. The molecule has 2 rings (SSSR count). The minimum atomic E-state index is -3.15. The van der Waals surface area contributed by atoms with Crippen molar-refractivity contribution in [1.29, 1.82) is 0 Å². The summed E-state index contributed by atoms with van der Waals surface area (Å²) in [6, 6.07) is 9.18. The zero-order chi connectivity index (χ0) is 13.9. The van der Waals surface area contributed by atoms with Crippen LogP contribution in [0.15, 0.2) is 30.3 Å². The Labute approximate surface area is 116 Å². The Hall–Kier alpha value is -0.870. The van der Waals surface area contributed by atoms with E-state index in [0.717, 1.165) is 31.2 Å². The molecule has 0 amide bonds. The van der Waals surface area contributed by atoms with Crippen LogP contribution in [0.3, 0.4) is 0 Å². The summed E-state index contributed by atoms with van der Waals surface area (Å²) in [6.45, 7) is 2.13. The fourth-order valence-corrected chi connectivity index (χ4v) is 5.04. The molecule has 1 saturated carbocycles. The highest BCUT2D eigenvalue weighted by Gasteiger charge is 2.36. The van der Waals surface area contributed by atoms with E-state index in [1.807, 2.05) is 30.3 Å². The van der Waals surface area contributed by atoms with E-state index in [1.54, 1.807) is 0 Å². The topological polar surface area (TPSA) is 60.2 Å². The summed E-state index contributed by atoms with van der Waals surface area (Å²) in [5.74, 6) is 0.623. The molecule has 4 heteroatoms. The summed E-state index contributed by atoms with van der Waals surface area (Å²) in [7, 11) is -3.15. The lowest BCUT2D eigenvalue weighted by Crippen LogP contribution is -2.45. The van der Waals surface area contributed by atoms with E-state index < -0.39 is 9.84 Å². The van der Waals surface area contributed by atoms with Gasteiger partial charge in [0, 0.05) is 6.04 Å². The van der Waals surface area contributed by atoms with Crippen molar-refractivity contribution in [3.8, 4) is 0 Å². The number of hydrogen-bond acceptors (Lipinski definition) is 3. The van der Waals surface area contributed by atoms with Gasteiger partial charge in [0.15, 0.2) is 9.84 Å². The zero-order valence-corrected chi connectivity index (χ0v) is 12.3. The number of hydrogen-bond donors (Lipinski definition) is 1. The first-order chi connectivity index (χ1) is 9.03. The first-order valence-electron chi connectivity index (χ1n) is 7.04. The fourth-order valence-electron chi connectivity index (χ4n) is 2.93. The Kier molecular flexibility index (Phi) is 4.63. The molecule has 0 spiro atoms. The van der Waals surface area contributed by atoms with Crippen molar-refractivity contribution in [3.63, 3.8) is 0 Å². The van der Waals surface area contributed by atoms with Crippen LogP contribution in [-0.2, 0) is 15.6 Å². The van der Waals surface area contributed by atoms with Gasteiger partial charge in [-0.05, 0) is 30.7 Å². The third-order valence-electron chi connectivity index (χ3n) is 4.20. The summed E-state index contributed by atoms with van der Waals surface area (Å²) >= 11 is 0. The molecule has 0 aromatic heterocycles. The Morgan fingerprint density at radius 3 is 2.53 bits per heavy atom. The molecule has 0 saturated heterocycles. The molecule has 0 radical (unpaired) electrons. The Morgan fingerprint density at radius 2 is 1.89 bits per heavy atom. The van der Waals surface area contributed by atoms with Gasteiger partial charge in [0.2, 0.25) is 0 Å². The van der Waals surface area contributed by atoms with Crippen LogP contribution in [0, 0.1) is 5.92 Å². The molecule has 0 aliphatic heterocycles. The molecule has 1 aliphatic rings. The predicted octanol–water partition coefficient (Wildman–Crippen LogP) is 2.51. The monoisotopic (exact) mass is 281 g/mol. The Bertz CT molecular complexity index is 498. The number of benzene rings is 1. The molecule has 19 heavy (non-hydrogen) atoms. The maximum Gasteiger partial charge on any atom is 0.158 e. The van der Waals surface area contributed by atoms with E-state index in [4.69, 9.17) is 5.73 Å². The minimum Gasteiger partial charge on any atom is -0.327 e. The SMILES string of the molecule is CCC1CCC(N)C(S(=O)(=O)Cc2ccccc2)C1. The van der Waals surface area contributed by atoms with Crippen molar-refractivity contribution >= 4 is 9.84 Å². The van der Waals surface area contributed by atoms with Crippen molar-refractivity contribution in [1.82, 2.24) is 0 Å². The smallest absolute Gasteiger partial charge is 0.158 e. The van der Waals surface area contributed by atoms with Crippen molar-refractivity contribution in [3.05, 3.63) is 35.9 Å². The molecule has 3 unspecified atom stereocenters. The normalized spacial score (nSPS) is 28.2. The van der Waals surface area contributed by atoms with Gasteiger partial charge < -0.3 is 5.73 Å². The second kappa shape index (κ2) is 6.06. The third-order valence-corrected chi connectivity index (χ3v) is 6.40. The average Bonchev–Trinajstić information content (AvgIpc) is 2.39. The zero-order valence-electron chi connectivity index (χ0n) is 11.5. The van der Waals surface area contributed by atoms with Gasteiger partial charge in [-0.3, -0.25) is 0 Å². The molecular weight excluding hydrogens is 258 g/mol. The van der Waals surface area contributed by atoms with Crippen LogP contribution in [0.25, 0.3) is 0 Å². The van der Waals surface area contributed by atoms with Crippen LogP contribution >= 0.6 is 0 Å². The second-order valence-electron chi connectivity index (χ2n) is 5.58. The van der Waals surface area contributed by atoms with Crippen molar-refractivity contribution < 1.29 is 8.42 Å². The molecular formula is C15H23NO2S. The third kappa shape index (κ3) is 3.57. The summed E-state index contributed by atoms with van der Waals surface area (Å²) in [5.41, 5.74) is 6.91. The molecule has 1 aromatic carbocycles. The molecule has 2 N–H and O–H groups in total. The van der Waals surface area contributed by atoms with Crippen molar-refractivity contribution in [2.45, 2.75) is 49.7 Å². The van der Waals surface area contributed by atoms with Crippen LogP contribution in [-0.4, -0.2) is 19.7 Å². The van der Waals surface area contributed by atoms with Gasteiger partial charge in [-0.25, -0.2) is 8.42 Å². The second-order valence-corrected chi connectivity index (χ2v) is 7.80. The standard InChI is InChI=1S/C15H23NO2S/c1-2-12-8-9-14(16)15(10-12)19(17,18)11-13-6-4-3-5-7-13/h3-7,12,14-15H,2,8-11,16H2,1H3. The molecule has 1 fully saturated rings. The fraction of sp³-hybridized carbons (Fsp3) is 0.600. The van der Waals surface area contributed by atoms with E-state index in [-0.39, 0.29) is 17.0 Å². The summed E-state index contributed by atoms with van der Waals surface area (Å²) in [5, 5.41) is -0.369. The van der Waals surface area contributed by atoms with Gasteiger partial charge in [0.1, 0.15) is 0 Å². The Morgan fingerprint density at radius 1 is 1.21 bits per heavy atom. The van der Waals surface area contributed by atoms with Gasteiger partial charge in [-0.2, -0.15) is 0 Å². The van der Waals surface area contributed by atoms with Crippen molar-refractivity contribution in [2.75, 3.05) is 0 Å². The maximum absolute atomic E-state index is 12.5. The highest BCUT2D eigenvalue weighted by atomic mass is 32.2. The number of nitrogens with two attached hydrogens (primary N) is 1. The first-order valence-corrected chi connectivity index (χ1v) is 8.75. The lowest BCUT2D eigenvalue weighted by Gasteiger charge is -2.33. The van der Waals surface area contributed by atoms with Gasteiger partial charge in [-0.15, -0.1) is 0 Å². The van der Waals surface area contributed by atoms with Crippen LogP contribution in [0.2, 0.25) is 0 Å². The van der Waals surface area contributed by atoms with Gasteiger partial charge in [0.05, 0.1) is 11.0 Å². The quantitative estimate of drug-likeness (QED) is 0.922. The van der Waals surface area contributed by atoms with E-state index in [0.29, 0.717) is 5.92 Å². The van der Waals surface area contributed by atoms with Crippen LogP contribution in [0.5, 0.6) is 0 Å². The average molecular weight is 281 g/mol. The molecule has 1 aliphatic carbocycles. The molecule has 0 bridgehead atoms. The molecule has 1 aromatic rings. The molecule has 106 valence electrons. The Balaban J connectivity index is 2.14. The highest BCUT2D eigenvalue weighted by Crippen LogP contribution is 2.31. The lowest BCUT2D eigenvalue weighted by molar-refractivity contribution is 0.319. The van der Waals surface area contributed by atoms with Gasteiger partial charge >= 0.3 is 0 Å². The van der Waals surface area contributed by atoms with Gasteiger partial charge in [0.25, 0.3) is 0 Å². The van der Waals surface area contributed by atoms with E-state index >= 15 is 0 Å². The maximum atomic E-state index is 12.5. The summed E-state index contributed by atoms with van der Waals surface area (Å²) < 4.78 is 25.1. The van der Waals surface area contributed by atoms with Crippen molar-refractivity contribution in [2.24, 2.45) is 11.7 Å². The highest BCUT2D eigenvalue weighted by molar-refractivity contribution is 7.91. The molecule has 0 heterocycles. The minimum absolute atomic E-state index is 0.114. The first kappa shape index (κ1) is 14.5.